The van der Waals surface area contributed by atoms with Crippen LogP contribution in [-0.4, -0.2) is 45.3 Å². The normalized spacial score (nSPS) is 18.5. The van der Waals surface area contributed by atoms with Crippen molar-refractivity contribution in [2.24, 2.45) is 16.8 Å². The first-order chi connectivity index (χ1) is 12.0. The number of benzene rings is 1. The van der Waals surface area contributed by atoms with E-state index in [2.05, 4.69) is 55.4 Å². The summed E-state index contributed by atoms with van der Waals surface area (Å²) in [6.07, 6.45) is 1.17. The summed E-state index contributed by atoms with van der Waals surface area (Å²) in [5, 5.41) is 6.87. The minimum Gasteiger partial charge on any atom is -0.495 e. The molecule has 0 bridgehead atoms. The van der Waals surface area contributed by atoms with Gasteiger partial charge in [0.1, 0.15) is 5.75 Å². The molecule has 2 atom stereocenters. The number of rotatable bonds is 7. The molecule has 0 saturated carbocycles. The second-order valence-corrected chi connectivity index (χ2v) is 7.17. The summed E-state index contributed by atoms with van der Waals surface area (Å²) in [5.74, 6) is 3.04. The molecule has 1 aromatic rings. The number of para-hydroxylation sites is 2. The fourth-order valence-electron chi connectivity index (χ4n) is 3.01. The molecule has 1 aliphatic heterocycles. The van der Waals surface area contributed by atoms with E-state index in [-0.39, 0.29) is 24.0 Å². The molecule has 0 aliphatic carbocycles. The number of nitrogens with zero attached hydrogens (tertiary/aromatic N) is 2. The zero-order valence-corrected chi connectivity index (χ0v) is 19.1. The molecule has 5 nitrogen and oxygen atoms in total. The first kappa shape index (κ1) is 22.9. The highest BCUT2D eigenvalue weighted by Crippen LogP contribution is 2.31. The zero-order chi connectivity index (χ0) is 18.2. The molecule has 1 fully saturated rings. The monoisotopic (exact) mass is 474 g/mol. The van der Waals surface area contributed by atoms with Crippen LogP contribution in [0.2, 0.25) is 0 Å². The van der Waals surface area contributed by atoms with Crippen LogP contribution >= 0.6 is 24.0 Å². The van der Waals surface area contributed by atoms with E-state index in [0.717, 1.165) is 37.9 Å². The van der Waals surface area contributed by atoms with Gasteiger partial charge in [0.25, 0.3) is 0 Å². The number of hydrogen-bond acceptors (Lipinski definition) is 3. The number of halogens is 1. The third kappa shape index (κ3) is 6.52. The Bertz CT molecular complexity index is 564. The van der Waals surface area contributed by atoms with Crippen molar-refractivity contribution in [3.05, 3.63) is 24.3 Å². The van der Waals surface area contributed by atoms with Crippen molar-refractivity contribution >= 4 is 35.6 Å². The maximum Gasteiger partial charge on any atom is 0.191 e. The molecule has 1 heterocycles. The van der Waals surface area contributed by atoms with E-state index in [9.17, 15) is 0 Å². The van der Waals surface area contributed by atoms with Crippen molar-refractivity contribution in [1.82, 2.24) is 10.6 Å². The van der Waals surface area contributed by atoms with E-state index < -0.39 is 0 Å². The van der Waals surface area contributed by atoms with Crippen molar-refractivity contribution < 1.29 is 4.74 Å². The largest absolute Gasteiger partial charge is 0.495 e. The summed E-state index contributed by atoms with van der Waals surface area (Å²) < 4.78 is 5.50. The van der Waals surface area contributed by atoms with E-state index in [4.69, 9.17) is 9.73 Å². The maximum absolute atomic E-state index is 5.50. The lowest BCUT2D eigenvalue weighted by molar-refractivity contribution is 0.414. The lowest BCUT2D eigenvalue weighted by Crippen LogP contribution is -2.44. The van der Waals surface area contributed by atoms with Gasteiger partial charge in [-0.05, 0) is 44.2 Å². The summed E-state index contributed by atoms with van der Waals surface area (Å²) in [6.45, 7) is 12.6. The van der Waals surface area contributed by atoms with Gasteiger partial charge in [0.2, 0.25) is 0 Å². The second kappa shape index (κ2) is 11.5. The smallest absolute Gasteiger partial charge is 0.191 e. The van der Waals surface area contributed by atoms with Crippen molar-refractivity contribution in [1.29, 1.82) is 0 Å². The van der Waals surface area contributed by atoms with Gasteiger partial charge in [-0.3, -0.25) is 4.99 Å². The number of guanidine groups is 1. The number of ether oxygens (including phenoxy) is 1. The Labute approximate surface area is 176 Å². The zero-order valence-electron chi connectivity index (χ0n) is 16.8. The molecule has 0 radical (unpaired) electrons. The summed E-state index contributed by atoms with van der Waals surface area (Å²) >= 11 is 0. The lowest BCUT2D eigenvalue weighted by atomic mass is 10.1. The first-order valence-electron chi connectivity index (χ1n) is 9.48. The Hall–Kier alpha value is -1.18. The molecule has 2 N–H and O–H groups in total. The first-order valence-corrected chi connectivity index (χ1v) is 9.48. The van der Waals surface area contributed by atoms with Crippen LogP contribution in [0.3, 0.4) is 0 Å². The van der Waals surface area contributed by atoms with Crippen molar-refractivity contribution in [3.63, 3.8) is 0 Å². The minimum atomic E-state index is 0. The van der Waals surface area contributed by atoms with E-state index in [1.54, 1.807) is 7.11 Å². The molecule has 6 heteroatoms. The molecule has 0 spiro atoms. The van der Waals surface area contributed by atoms with Gasteiger partial charge in [-0.1, -0.05) is 26.0 Å². The average molecular weight is 474 g/mol. The molecular formula is C20H35IN4O. The van der Waals surface area contributed by atoms with Crippen LogP contribution < -0.4 is 20.3 Å². The molecule has 1 aromatic carbocycles. The Balaban J connectivity index is 0.00000338. The van der Waals surface area contributed by atoms with Crippen LogP contribution in [0.5, 0.6) is 5.75 Å². The SMILES string of the molecule is CCNC(=NCC1CCN(c2ccccc2OC)C1)NC(C)C(C)C.I. The molecule has 1 aliphatic rings. The number of methoxy groups -OCH3 is 1. The molecular weight excluding hydrogens is 439 g/mol. The molecule has 0 amide bonds. The number of aliphatic imine (C=N–C) groups is 1. The van der Waals surface area contributed by atoms with E-state index in [0.29, 0.717) is 17.9 Å². The predicted molar refractivity (Wildman–Crippen MR) is 122 cm³/mol. The lowest BCUT2D eigenvalue weighted by Gasteiger charge is -2.22. The Kier molecular flexibility index (Phi) is 10.1. The maximum atomic E-state index is 5.50. The predicted octanol–water partition coefficient (Wildman–Crippen LogP) is 3.74. The minimum absolute atomic E-state index is 0. The van der Waals surface area contributed by atoms with Crippen molar-refractivity contribution in [2.45, 2.75) is 40.2 Å². The number of hydrogen-bond donors (Lipinski definition) is 2. The fourth-order valence-corrected chi connectivity index (χ4v) is 3.01. The van der Waals surface area contributed by atoms with Crippen LogP contribution in [0.4, 0.5) is 5.69 Å². The Morgan fingerprint density at radius 3 is 2.69 bits per heavy atom. The van der Waals surface area contributed by atoms with Gasteiger partial charge in [-0.25, -0.2) is 0 Å². The summed E-state index contributed by atoms with van der Waals surface area (Å²) in [6, 6.07) is 8.67. The van der Waals surface area contributed by atoms with Gasteiger partial charge in [-0.2, -0.15) is 0 Å². The van der Waals surface area contributed by atoms with Gasteiger partial charge in [-0.15, -0.1) is 24.0 Å². The topological polar surface area (TPSA) is 48.9 Å². The van der Waals surface area contributed by atoms with Crippen molar-refractivity contribution in [2.75, 3.05) is 38.2 Å². The summed E-state index contributed by atoms with van der Waals surface area (Å²) in [5.41, 5.74) is 1.19. The van der Waals surface area contributed by atoms with Crippen LogP contribution in [0, 0.1) is 11.8 Å². The van der Waals surface area contributed by atoms with Gasteiger partial charge >= 0.3 is 0 Å². The van der Waals surface area contributed by atoms with E-state index in [1.807, 2.05) is 12.1 Å². The van der Waals surface area contributed by atoms with Crippen LogP contribution in [0.15, 0.2) is 29.3 Å². The molecule has 1 saturated heterocycles. The van der Waals surface area contributed by atoms with E-state index >= 15 is 0 Å². The van der Waals surface area contributed by atoms with Gasteiger partial charge in [0, 0.05) is 32.2 Å². The average Bonchev–Trinajstić information content (AvgIpc) is 3.08. The third-order valence-corrected chi connectivity index (χ3v) is 4.93. The molecule has 26 heavy (non-hydrogen) atoms. The molecule has 0 aromatic heterocycles. The Morgan fingerprint density at radius 1 is 1.31 bits per heavy atom. The highest BCUT2D eigenvalue weighted by Gasteiger charge is 2.24. The fraction of sp³-hybridized carbons (Fsp3) is 0.650. The van der Waals surface area contributed by atoms with Gasteiger partial charge in [0.15, 0.2) is 5.96 Å². The second-order valence-electron chi connectivity index (χ2n) is 7.17. The molecule has 2 unspecified atom stereocenters. The molecule has 2 rings (SSSR count). The van der Waals surface area contributed by atoms with Crippen LogP contribution in [0.25, 0.3) is 0 Å². The standard InChI is InChI=1S/C20H34N4O.HI/c1-6-21-20(23-16(4)15(2)3)22-13-17-11-12-24(14-17)18-9-7-8-10-19(18)25-5;/h7-10,15-17H,6,11-14H2,1-5H3,(H2,21,22,23);1H. The van der Waals surface area contributed by atoms with Gasteiger partial charge in [0.05, 0.1) is 12.8 Å². The summed E-state index contributed by atoms with van der Waals surface area (Å²) in [4.78, 5) is 7.24. The van der Waals surface area contributed by atoms with Crippen LogP contribution in [0.1, 0.15) is 34.1 Å². The quantitative estimate of drug-likeness (QED) is 0.359. The third-order valence-electron chi connectivity index (χ3n) is 4.93. The molecule has 148 valence electrons. The Morgan fingerprint density at radius 2 is 2.04 bits per heavy atom. The van der Waals surface area contributed by atoms with Gasteiger partial charge < -0.3 is 20.3 Å². The number of anilines is 1. The summed E-state index contributed by atoms with van der Waals surface area (Å²) in [7, 11) is 1.74. The van der Waals surface area contributed by atoms with Crippen molar-refractivity contribution in [3.8, 4) is 5.75 Å². The van der Waals surface area contributed by atoms with E-state index in [1.165, 1.54) is 12.1 Å². The number of nitrogens with one attached hydrogen (secondary N) is 2. The highest BCUT2D eigenvalue weighted by molar-refractivity contribution is 14.0. The van der Waals surface area contributed by atoms with Crippen LogP contribution in [-0.2, 0) is 0 Å². The highest BCUT2D eigenvalue weighted by atomic mass is 127.